The summed E-state index contributed by atoms with van der Waals surface area (Å²) in [5.74, 6) is 0.195. The van der Waals surface area contributed by atoms with Gasteiger partial charge in [-0.25, -0.2) is 15.0 Å². The minimum absolute atomic E-state index is 0.0218. The van der Waals surface area contributed by atoms with Gasteiger partial charge in [0.2, 0.25) is 5.95 Å². The monoisotopic (exact) mass is 299 g/mol. The van der Waals surface area contributed by atoms with Crippen LogP contribution in [0.3, 0.4) is 0 Å². The van der Waals surface area contributed by atoms with Crippen LogP contribution in [0, 0.1) is 0 Å². The number of nitrogens with one attached hydrogen (secondary N) is 1. The van der Waals surface area contributed by atoms with Crippen molar-refractivity contribution >= 4 is 11.9 Å². The van der Waals surface area contributed by atoms with Crippen molar-refractivity contribution in [1.82, 2.24) is 20.3 Å². The molecule has 3 rings (SSSR count). The molecule has 0 radical (unpaired) electrons. The number of rotatable bonds is 3. The zero-order chi connectivity index (χ0) is 15.4. The van der Waals surface area contributed by atoms with Crippen LogP contribution in [0.5, 0.6) is 5.75 Å². The molecular weight excluding hydrogens is 282 g/mol. The van der Waals surface area contributed by atoms with Crippen LogP contribution in [0.4, 0.5) is 5.95 Å². The van der Waals surface area contributed by atoms with E-state index in [1.165, 1.54) is 12.3 Å². The zero-order valence-electron chi connectivity index (χ0n) is 12.0. The number of piperidine rings is 1. The molecule has 0 saturated carbocycles. The molecule has 0 aliphatic carbocycles. The lowest BCUT2D eigenvalue weighted by Crippen LogP contribution is -2.48. The van der Waals surface area contributed by atoms with Gasteiger partial charge in [0.1, 0.15) is 5.75 Å². The molecule has 0 aromatic carbocycles. The maximum Gasteiger partial charge on any atom is 0.274 e. The maximum atomic E-state index is 12.2. The first-order valence-corrected chi connectivity index (χ1v) is 7.21. The zero-order valence-corrected chi connectivity index (χ0v) is 12.0. The minimum Gasteiger partial charge on any atom is -0.505 e. The molecule has 0 spiro atoms. The van der Waals surface area contributed by atoms with Crippen LogP contribution in [0.2, 0.25) is 0 Å². The number of amides is 1. The summed E-state index contributed by atoms with van der Waals surface area (Å²) in [5.41, 5.74) is 0.0515. The summed E-state index contributed by atoms with van der Waals surface area (Å²) >= 11 is 0. The lowest BCUT2D eigenvalue weighted by molar-refractivity contribution is 0.0925. The maximum absolute atomic E-state index is 12.2. The Labute approximate surface area is 128 Å². The summed E-state index contributed by atoms with van der Waals surface area (Å²) in [4.78, 5) is 26.6. The minimum atomic E-state index is -0.362. The number of carbonyl (C=O) groups is 1. The second kappa shape index (κ2) is 6.38. The summed E-state index contributed by atoms with van der Waals surface area (Å²) in [6.07, 6.45) is 6.71. The summed E-state index contributed by atoms with van der Waals surface area (Å²) in [6, 6.07) is 4.79. The fraction of sp³-hybridized carbons (Fsp3) is 0.333. The van der Waals surface area contributed by atoms with Gasteiger partial charge in [-0.05, 0) is 31.0 Å². The van der Waals surface area contributed by atoms with E-state index in [2.05, 4.69) is 20.3 Å². The van der Waals surface area contributed by atoms with E-state index in [-0.39, 0.29) is 23.4 Å². The van der Waals surface area contributed by atoms with Gasteiger partial charge >= 0.3 is 0 Å². The Kier molecular flexibility index (Phi) is 4.13. The van der Waals surface area contributed by atoms with Crippen molar-refractivity contribution < 1.29 is 9.90 Å². The third-order valence-electron chi connectivity index (χ3n) is 3.59. The number of aromatic hydroxyl groups is 1. The quantitative estimate of drug-likeness (QED) is 0.877. The molecule has 1 amide bonds. The first-order valence-electron chi connectivity index (χ1n) is 7.21. The number of nitrogens with zero attached hydrogens (tertiary/aromatic N) is 4. The Bertz CT molecular complexity index is 649. The predicted molar refractivity (Wildman–Crippen MR) is 80.6 cm³/mol. The molecule has 114 valence electrons. The van der Waals surface area contributed by atoms with Crippen LogP contribution in [-0.4, -0.2) is 45.1 Å². The standard InChI is InChI=1S/C15H17N5O2/c21-12-5-1-6-16-13(12)14(22)19-11-4-2-9-20(10-11)15-17-7-3-8-18-15/h1,3,5-8,11,21H,2,4,9-10H2,(H,19,22). The van der Waals surface area contributed by atoms with E-state index in [1.54, 1.807) is 24.5 Å². The van der Waals surface area contributed by atoms with Crippen molar-refractivity contribution in [2.75, 3.05) is 18.0 Å². The van der Waals surface area contributed by atoms with Crippen LogP contribution in [0.15, 0.2) is 36.8 Å². The molecule has 1 fully saturated rings. The van der Waals surface area contributed by atoms with Crippen LogP contribution in [0.1, 0.15) is 23.3 Å². The van der Waals surface area contributed by atoms with E-state index in [0.29, 0.717) is 12.5 Å². The molecule has 1 aliphatic rings. The van der Waals surface area contributed by atoms with E-state index < -0.39 is 0 Å². The highest BCUT2D eigenvalue weighted by Crippen LogP contribution is 2.17. The predicted octanol–water partition coefficient (Wildman–Crippen LogP) is 0.976. The molecule has 0 bridgehead atoms. The Hall–Kier alpha value is -2.70. The third-order valence-corrected chi connectivity index (χ3v) is 3.59. The van der Waals surface area contributed by atoms with Gasteiger partial charge in [0.25, 0.3) is 5.91 Å². The molecule has 3 heterocycles. The van der Waals surface area contributed by atoms with Crippen molar-refractivity contribution in [2.45, 2.75) is 18.9 Å². The van der Waals surface area contributed by atoms with Gasteiger partial charge in [0.15, 0.2) is 5.69 Å². The second-order valence-corrected chi connectivity index (χ2v) is 5.18. The highest BCUT2D eigenvalue weighted by atomic mass is 16.3. The van der Waals surface area contributed by atoms with E-state index in [1.807, 2.05) is 4.90 Å². The molecule has 2 aromatic heterocycles. The van der Waals surface area contributed by atoms with Gasteiger partial charge in [0, 0.05) is 37.7 Å². The fourth-order valence-electron chi connectivity index (χ4n) is 2.56. The van der Waals surface area contributed by atoms with E-state index in [0.717, 1.165) is 19.4 Å². The Balaban J connectivity index is 1.66. The highest BCUT2D eigenvalue weighted by molar-refractivity contribution is 5.94. The van der Waals surface area contributed by atoms with Gasteiger partial charge in [-0.3, -0.25) is 4.79 Å². The van der Waals surface area contributed by atoms with Crippen LogP contribution in [-0.2, 0) is 0 Å². The van der Waals surface area contributed by atoms with Crippen molar-refractivity contribution in [2.24, 2.45) is 0 Å². The number of anilines is 1. The Morgan fingerprint density at radius 1 is 1.23 bits per heavy atom. The Morgan fingerprint density at radius 3 is 2.77 bits per heavy atom. The van der Waals surface area contributed by atoms with Crippen LogP contribution in [0.25, 0.3) is 0 Å². The average molecular weight is 299 g/mol. The molecular formula is C15H17N5O2. The molecule has 22 heavy (non-hydrogen) atoms. The molecule has 1 atom stereocenters. The van der Waals surface area contributed by atoms with Gasteiger partial charge < -0.3 is 15.3 Å². The third kappa shape index (κ3) is 3.13. The van der Waals surface area contributed by atoms with Gasteiger partial charge in [-0.2, -0.15) is 0 Å². The number of pyridine rings is 1. The topological polar surface area (TPSA) is 91.2 Å². The largest absolute Gasteiger partial charge is 0.505 e. The second-order valence-electron chi connectivity index (χ2n) is 5.18. The summed E-state index contributed by atoms with van der Waals surface area (Å²) < 4.78 is 0. The molecule has 1 unspecified atom stereocenters. The average Bonchev–Trinajstić information content (AvgIpc) is 2.56. The number of aromatic nitrogens is 3. The molecule has 1 saturated heterocycles. The van der Waals surface area contributed by atoms with Gasteiger partial charge in [0.05, 0.1) is 0 Å². The molecule has 7 heteroatoms. The fourth-order valence-corrected chi connectivity index (χ4v) is 2.56. The van der Waals surface area contributed by atoms with Crippen molar-refractivity contribution in [3.63, 3.8) is 0 Å². The lowest BCUT2D eigenvalue weighted by atomic mass is 10.1. The first kappa shape index (κ1) is 14.2. The summed E-state index contributed by atoms with van der Waals surface area (Å²) in [7, 11) is 0. The molecule has 1 aliphatic heterocycles. The van der Waals surface area contributed by atoms with E-state index in [9.17, 15) is 9.90 Å². The number of carbonyl (C=O) groups excluding carboxylic acids is 1. The first-order chi connectivity index (χ1) is 10.7. The Morgan fingerprint density at radius 2 is 2.00 bits per heavy atom. The van der Waals surface area contributed by atoms with E-state index >= 15 is 0 Å². The van der Waals surface area contributed by atoms with E-state index in [4.69, 9.17) is 0 Å². The summed E-state index contributed by atoms with van der Waals surface area (Å²) in [6.45, 7) is 1.51. The lowest BCUT2D eigenvalue weighted by Gasteiger charge is -2.33. The highest BCUT2D eigenvalue weighted by Gasteiger charge is 2.24. The van der Waals surface area contributed by atoms with Crippen molar-refractivity contribution in [1.29, 1.82) is 0 Å². The molecule has 2 N–H and O–H groups in total. The van der Waals surface area contributed by atoms with Gasteiger partial charge in [-0.15, -0.1) is 0 Å². The number of hydrogen-bond acceptors (Lipinski definition) is 6. The van der Waals surface area contributed by atoms with Crippen molar-refractivity contribution in [3.8, 4) is 5.75 Å². The molecule has 7 nitrogen and oxygen atoms in total. The summed E-state index contributed by atoms with van der Waals surface area (Å²) in [5, 5.41) is 12.6. The normalized spacial score (nSPS) is 18.0. The molecule has 2 aromatic rings. The smallest absolute Gasteiger partial charge is 0.274 e. The van der Waals surface area contributed by atoms with Crippen molar-refractivity contribution in [3.05, 3.63) is 42.5 Å². The van der Waals surface area contributed by atoms with Crippen LogP contribution >= 0.6 is 0 Å². The number of hydrogen-bond donors (Lipinski definition) is 2. The van der Waals surface area contributed by atoms with Gasteiger partial charge in [-0.1, -0.05) is 0 Å². The SMILES string of the molecule is O=C(NC1CCCN(c2ncccn2)C1)c1ncccc1O. The van der Waals surface area contributed by atoms with Crippen LogP contribution < -0.4 is 10.2 Å².